The zero-order valence-corrected chi connectivity index (χ0v) is 25.2. The smallest absolute Gasteiger partial charge is 0.255 e. The van der Waals surface area contributed by atoms with Crippen molar-refractivity contribution in [2.24, 2.45) is 22.2 Å². The molecule has 5 rings (SSSR count). The number of rotatable bonds is 12. The van der Waals surface area contributed by atoms with Crippen LogP contribution in [0.3, 0.4) is 0 Å². The van der Waals surface area contributed by atoms with E-state index >= 15 is 0 Å². The topological polar surface area (TPSA) is 167 Å². The Morgan fingerprint density at radius 1 is 0.911 bits per heavy atom. The number of aliphatic imine (C=N–C) groups is 1. The van der Waals surface area contributed by atoms with Gasteiger partial charge in [0.2, 0.25) is 5.91 Å². The first-order valence-corrected chi connectivity index (χ1v) is 14.5. The van der Waals surface area contributed by atoms with Crippen LogP contribution in [0, 0.1) is 0 Å². The van der Waals surface area contributed by atoms with E-state index in [2.05, 4.69) is 10.3 Å². The summed E-state index contributed by atoms with van der Waals surface area (Å²) in [6.07, 6.45) is 0.880. The molecule has 0 saturated carbocycles. The predicted octanol–water partition coefficient (Wildman–Crippen LogP) is 4.89. The summed E-state index contributed by atoms with van der Waals surface area (Å²) in [5.74, 6) is 0.957. The molecule has 1 aromatic heterocycles. The summed E-state index contributed by atoms with van der Waals surface area (Å²) in [7, 11) is 3.91. The Balaban J connectivity index is 1.53. The molecule has 11 nitrogen and oxygen atoms in total. The lowest BCUT2D eigenvalue weighted by molar-refractivity contribution is -0.121. The SMILES string of the molecule is CN(C)c1ccc(NC(=O)c2ccc3c(c2)nc(-c2cccc(Oc4ccccc4)c2)n3[C@H](CCCN=C(N)N)C(N)=O)cc1. The third-order valence-electron chi connectivity index (χ3n) is 7.23. The molecule has 1 atom stereocenters. The molecular formula is C34H36N8O3. The van der Waals surface area contributed by atoms with Crippen LogP contribution in [-0.4, -0.2) is 48.0 Å². The quantitative estimate of drug-likeness (QED) is 0.0893. The molecular weight excluding hydrogens is 568 g/mol. The molecule has 230 valence electrons. The zero-order chi connectivity index (χ0) is 31.9. The van der Waals surface area contributed by atoms with E-state index in [4.69, 9.17) is 26.9 Å². The highest BCUT2D eigenvalue weighted by atomic mass is 16.5. The standard InChI is InChI=1S/C34H36N8O3/c1-41(2)25-16-14-24(15-17-25)39-33(44)23-13-18-29-28(21-23)40-32(42(29)30(31(35)43)12-7-19-38-34(36)37)22-8-6-11-27(20-22)45-26-9-4-3-5-10-26/h3-6,8-11,13-18,20-21,30H,7,12,19H2,1-2H3,(H2,35,43)(H,39,44)(H4,36,37,38)/t30-/m1/s1. The average molecular weight is 605 g/mol. The van der Waals surface area contributed by atoms with E-state index in [0.717, 1.165) is 5.69 Å². The molecule has 0 radical (unpaired) electrons. The monoisotopic (exact) mass is 604 g/mol. The second kappa shape index (κ2) is 13.6. The van der Waals surface area contributed by atoms with Crippen LogP contribution in [0.15, 0.2) is 102 Å². The van der Waals surface area contributed by atoms with Crippen LogP contribution in [0.4, 0.5) is 11.4 Å². The first-order valence-electron chi connectivity index (χ1n) is 14.5. The summed E-state index contributed by atoms with van der Waals surface area (Å²) >= 11 is 0. The van der Waals surface area contributed by atoms with Gasteiger partial charge in [0.05, 0.1) is 11.0 Å². The first kappa shape index (κ1) is 30.6. The fourth-order valence-electron chi connectivity index (χ4n) is 5.02. The van der Waals surface area contributed by atoms with E-state index in [-0.39, 0.29) is 11.9 Å². The lowest BCUT2D eigenvalue weighted by Crippen LogP contribution is -2.27. The number of fused-ring (bicyclic) bond motifs is 1. The van der Waals surface area contributed by atoms with Gasteiger partial charge in [-0.05, 0) is 79.6 Å². The van der Waals surface area contributed by atoms with Gasteiger partial charge in [-0.2, -0.15) is 0 Å². The molecule has 0 aliphatic rings. The maximum atomic E-state index is 13.2. The highest BCUT2D eigenvalue weighted by Crippen LogP contribution is 2.33. The number of amides is 2. The minimum Gasteiger partial charge on any atom is -0.457 e. The molecule has 0 aliphatic carbocycles. The molecule has 0 saturated heterocycles. The van der Waals surface area contributed by atoms with Crippen LogP contribution < -0.4 is 32.2 Å². The van der Waals surface area contributed by atoms with Gasteiger partial charge in [-0.15, -0.1) is 0 Å². The number of para-hydroxylation sites is 1. The van der Waals surface area contributed by atoms with Gasteiger partial charge in [-0.25, -0.2) is 4.98 Å². The van der Waals surface area contributed by atoms with Gasteiger partial charge in [0, 0.05) is 43.1 Å². The van der Waals surface area contributed by atoms with Gasteiger partial charge in [0.25, 0.3) is 5.91 Å². The van der Waals surface area contributed by atoms with Crippen molar-refractivity contribution in [3.05, 3.63) is 103 Å². The fourth-order valence-corrected chi connectivity index (χ4v) is 5.02. The van der Waals surface area contributed by atoms with E-state index < -0.39 is 11.9 Å². The van der Waals surface area contributed by atoms with Crippen molar-refractivity contribution in [3.63, 3.8) is 0 Å². The average Bonchev–Trinajstić information content (AvgIpc) is 3.40. The van der Waals surface area contributed by atoms with Crippen molar-refractivity contribution in [1.29, 1.82) is 0 Å². The third-order valence-corrected chi connectivity index (χ3v) is 7.23. The molecule has 7 N–H and O–H groups in total. The molecule has 2 amide bonds. The van der Waals surface area contributed by atoms with Crippen molar-refractivity contribution < 1.29 is 14.3 Å². The fraction of sp³-hybridized carbons (Fsp3) is 0.176. The number of anilines is 2. The Hall–Kier alpha value is -5.84. The number of carbonyl (C=O) groups excluding carboxylic acids is 2. The summed E-state index contributed by atoms with van der Waals surface area (Å²) in [6.45, 7) is 0.342. The second-order valence-electron chi connectivity index (χ2n) is 10.7. The largest absolute Gasteiger partial charge is 0.457 e. The van der Waals surface area contributed by atoms with E-state index in [9.17, 15) is 9.59 Å². The Morgan fingerprint density at radius 3 is 2.33 bits per heavy atom. The van der Waals surface area contributed by atoms with Crippen molar-refractivity contribution in [2.75, 3.05) is 30.9 Å². The molecule has 0 unspecified atom stereocenters. The summed E-state index contributed by atoms with van der Waals surface area (Å²) in [5.41, 5.74) is 20.9. The summed E-state index contributed by atoms with van der Waals surface area (Å²) < 4.78 is 7.89. The molecule has 5 aromatic rings. The predicted molar refractivity (Wildman–Crippen MR) is 179 cm³/mol. The minimum absolute atomic E-state index is 0.0194. The van der Waals surface area contributed by atoms with E-state index in [1.807, 2.05) is 102 Å². The van der Waals surface area contributed by atoms with Crippen molar-refractivity contribution >= 4 is 40.2 Å². The van der Waals surface area contributed by atoms with Gasteiger partial charge in [-0.3, -0.25) is 14.6 Å². The lowest BCUT2D eigenvalue weighted by Gasteiger charge is -2.19. The van der Waals surface area contributed by atoms with Gasteiger partial charge < -0.3 is 36.7 Å². The number of nitrogens with two attached hydrogens (primary N) is 3. The molecule has 45 heavy (non-hydrogen) atoms. The number of hydrogen-bond donors (Lipinski definition) is 4. The van der Waals surface area contributed by atoms with Crippen molar-refractivity contribution in [2.45, 2.75) is 18.9 Å². The van der Waals surface area contributed by atoms with Gasteiger partial charge >= 0.3 is 0 Å². The maximum absolute atomic E-state index is 13.2. The van der Waals surface area contributed by atoms with Crippen LogP contribution >= 0.6 is 0 Å². The number of imidazole rings is 1. The number of carbonyl (C=O) groups is 2. The lowest BCUT2D eigenvalue weighted by atomic mass is 10.1. The second-order valence-corrected chi connectivity index (χ2v) is 10.7. The molecule has 4 aromatic carbocycles. The van der Waals surface area contributed by atoms with E-state index in [1.165, 1.54) is 0 Å². The van der Waals surface area contributed by atoms with Crippen LogP contribution in [-0.2, 0) is 4.79 Å². The number of primary amides is 1. The normalized spacial score (nSPS) is 11.5. The third kappa shape index (κ3) is 7.39. The highest BCUT2D eigenvalue weighted by molar-refractivity contribution is 6.06. The number of aromatic nitrogens is 2. The Kier molecular flexibility index (Phi) is 9.28. The highest BCUT2D eigenvalue weighted by Gasteiger charge is 2.25. The minimum atomic E-state index is -0.757. The summed E-state index contributed by atoms with van der Waals surface area (Å²) in [5, 5.41) is 2.94. The van der Waals surface area contributed by atoms with E-state index in [1.54, 1.807) is 18.2 Å². The summed E-state index contributed by atoms with van der Waals surface area (Å²) in [4.78, 5) is 37.1. The Labute approximate surface area is 261 Å². The van der Waals surface area contributed by atoms with Gasteiger partial charge in [-0.1, -0.05) is 30.3 Å². The number of hydrogen-bond acceptors (Lipinski definition) is 6. The Bertz CT molecular complexity index is 1830. The van der Waals surface area contributed by atoms with Crippen LogP contribution in [0.1, 0.15) is 29.2 Å². The Morgan fingerprint density at radius 2 is 1.64 bits per heavy atom. The molecule has 0 bridgehead atoms. The van der Waals surface area contributed by atoms with Crippen LogP contribution in [0.5, 0.6) is 11.5 Å². The number of benzene rings is 4. The van der Waals surface area contributed by atoms with Gasteiger partial charge in [0.15, 0.2) is 5.96 Å². The molecule has 0 fully saturated rings. The maximum Gasteiger partial charge on any atom is 0.255 e. The van der Waals surface area contributed by atoms with Crippen molar-refractivity contribution in [1.82, 2.24) is 9.55 Å². The molecule has 11 heteroatoms. The number of guanidine groups is 1. The first-order chi connectivity index (χ1) is 21.7. The molecule has 0 spiro atoms. The summed E-state index contributed by atoms with van der Waals surface area (Å²) in [6, 6.07) is 28.9. The molecule has 1 heterocycles. The van der Waals surface area contributed by atoms with Crippen LogP contribution in [0.2, 0.25) is 0 Å². The van der Waals surface area contributed by atoms with E-state index in [0.29, 0.717) is 64.6 Å². The zero-order valence-electron chi connectivity index (χ0n) is 25.2. The molecule has 0 aliphatic heterocycles. The number of nitrogens with one attached hydrogen (secondary N) is 1. The number of ether oxygens (including phenoxy) is 1. The number of nitrogens with zero attached hydrogens (tertiary/aromatic N) is 4. The van der Waals surface area contributed by atoms with Gasteiger partial charge in [0.1, 0.15) is 23.4 Å². The van der Waals surface area contributed by atoms with Crippen molar-refractivity contribution in [3.8, 4) is 22.9 Å². The van der Waals surface area contributed by atoms with Crippen LogP contribution in [0.25, 0.3) is 22.4 Å².